The number of piperidine rings is 1. The zero-order chi connectivity index (χ0) is 17.7. The summed E-state index contributed by atoms with van der Waals surface area (Å²) < 4.78 is 17.2. The van der Waals surface area contributed by atoms with Crippen LogP contribution >= 0.6 is 22.9 Å². The van der Waals surface area contributed by atoms with Crippen LogP contribution in [0.4, 0.5) is 4.79 Å². The molecule has 9 heteroatoms. The summed E-state index contributed by atoms with van der Waals surface area (Å²) in [4.78, 5) is 17.9. The molecule has 0 radical (unpaired) electrons. The number of amides is 1. The van der Waals surface area contributed by atoms with Crippen LogP contribution in [0, 0.1) is 5.41 Å². The van der Waals surface area contributed by atoms with Crippen LogP contribution in [-0.4, -0.2) is 49.2 Å². The van der Waals surface area contributed by atoms with Crippen LogP contribution in [0.5, 0.6) is 0 Å². The van der Waals surface area contributed by atoms with Gasteiger partial charge in [-0.25, -0.2) is 9.78 Å². The smallest absolute Gasteiger partial charge is 0.407 e. The molecular weight excluding hydrogens is 370 g/mol. The van der Waals surface area contributed by atoms with E-state index in [0.717, 1.165) is 16.3 Å². The number of hydrogen-bond acceptors (Lipinski definition) is 5. The Morgan fingerprint density at radius 3 is 2.62 bits per heavy atom. The predicted octanol–water partition coefficient (Wildman–Crippen LogP) is 3.36. The molecule has 0 bridgehead atoms. The Balaban J connectivity index is 1.96. The Bertz CT molecular complexity index is 691. The van der Waals surface area contributed by atoms with Crippen LogP contribution in [-0.2, 0) is 17.8 Å². The Kier molecular flexibility index (Phi) is 4.61. The average Bonchev–Trinajstić information content (AvgIpc) is 2.94. The molecule has 1 atom stereocenters. The minimum atomic E-state index is -1.38. The van der Waals surface area contributed by atoms with E-state index >= 15 is 0 Å². The Morgan fingerprint density at radius 2 is 2.08 bits per heavy atom. The molecule has 0 aromatic carbocycles. The number of halogens is 1. The number of carbonyl (C=O) groups is 1. The molecule has 1 aliphatic carbocycles. The van der Waals surface area contributed by atoms with Crippen LogP contribution in [0.1, 0.15) is 44.2 Å². The highest BCUT2D eigenvalue weighted by Gasteiger charge is 2.50. The highest BCUT2D eigenvalue weighted by atomic mass is 35.5. The number of hydrogen-bond donors (Lipinski definition) is 1. The second kappa shape index (κ2) is 6.16. The van der Waals surface area contributed by atoms with Crippen molar-refractivity contribution in [1.29, 1.82) is 0 Å². The fourth-order valence-electron chi connectivity index (χ4n) is 3.17. The van der Waals surface area contributed by atoms with Crippen molar-refractivity contribution >= 4 is 46.1 Å². The molecule has 1 fully saturated rings. The number of aromatic nitrogens is 1. The summed E-state index contributed by atoms with van der Waals surface area (Å²) in [6, 6.07) is 0. The summed E-state index contributed by atoms with van der Waals surface area (Å²) in [7, 11) is 0. The zero-order valence-corrected chi connectivity index (χ0v) is 16.2. The van der Waals surface area contributed by atoms with Crippen LogP contribution in [0.2, 0.25) is 4.47 Å². The van der Waals surface area contributed by atoms with Gasteiger partial charge in [0.15, 0.2) is 4.47 Å². The van der Waals surface area contributed by atoms with Crippen molar-refractivity contribution in [2.24, 2.45) is 9.81 Å². The maximum atomic E-state index is 12.6. The molecule has 0 saturated carbocycles. The lowest BCUT2D eigenvalue weighted by Gasteiger charge is -2.38. The molecule has 132 valence electrons. The number of fused-ring (bicyclic) bond motifs is 1. The van der Waals surface area contributed by atoms with Crippen molar-refractivity contribution < 1.29 is 14.5 Å². The minimum absolute atomic E-state index is 0.272. The summed E-state index contributed by atoms with van der Waals surface area (Å²) in [5, 5.41) is 9.18. The summed E-state index contributed by atoms with van der Waals surface area (Å²) in [6.07, 6.45) is 1.13. The largest absolute Gasteiger partial charge is 0.591 e. The van der Waals surface area contributed by atoms with E-state index in [1.54, 1.807) is 0 Å². The van der Waals surface area contributed by atoms with E-state index in [9.17, 15) is 14.5 Å². The lowest BCUT2D eigenvalue weighted by atomic mass is 9.75. The minimum Gasteiger partial charge on any atom is -0.591 e. The first-order valence-corrected chi connectivity index (χ1v) is 10.1. The number of rotatable bonds is 1. The third kappa shape index (κ3) is 3.16. The van der Waals surface area contributed by atoms with Gasteiger partial charge in [-0.3, -0.25) is 0 Å². The van der Waals surface area contributed by atoms with E-state index in [2.05, 4.69) is 9.38 Å². The second-order valence-electron chi connectivity index (χ2n) is 7.27. The van der Waals surface area contributed by atoms with Crippen LogP contribution in [0.25, 0.3) is 0 Å². The number of likely N-dealkylation sites (tertiary alicyclic amines) is 1. The summed E-state index contributed by atoms with van der Waals surface area (Å²) in [5.41, 5.74) is 1.43. The van der Waals surface area contributed by atoms with Gasteiger partial charge in [0, 0.05) is 24.9 Å². The van der Waals surface area contributed by atoms with Gasteiger partial charge in [0.2, 0.25) is 0 Å². The topological polar surface area (TPSA) is 88.9 Å². The van der Waals surface area contributed by atoms with Crippen LogP contribution < -0.4 is 0 Å². The van der Waals surface area contributed by atoms with Gasteiger partial charge in [0.1, 0.15) is 21.8 Å². The van der Waals surface area contributed by atoms with Crippen molar-refractivity contribution in [2.75, 3.05) is 13.1 Å². The first-order valence-electron chi connectivity index (χ1n) is 7.77. The maximum Gasteiger partial charge on any atom is 0.407 e. The molecule has 1 N–H and O–H groups in total. The average molecular weight is 390 g/mol. The summed E-state index contributed by atoms with van der Waals surface area (Å²) in [5.74, 6) is 0. The standard InChI is InChI=1S/C15H20ClN3O3S2/c1-14(2,3)24(22)18-11-10-9(17-12(16)23-10)8-15(11)4-6-19(7-5-15)13(20)21/h4-8H2,1-3H3,(H,20,21). The molecule has 1 aromatic rings. The summed E-state index contributed by atoms with van der Waals surface area (Å²) >= 11 is 6.05. The van der Waals surface area contributed by atoms with Gasteiger partial charge in [-0.2, -0.15) is 0 Å². The normalized spacial score (nSPS) is 22.9. The molecule has 6 nitrogen and oxygen atoms in total. The SMILES string of the molecule is CC(C)(C)[S+]([O-])N=C1c2sc(Cl)nc2CC12CCN(C(=O)O)CC2. The highest BCUT2D eigenvalue weighted by molar-refractivity contribution is 7.91. The molecule has 1 saturated heterocycles. The van der Waals surface area contributed by atoms with E-state index in [0.29, 0.717) is 36.8 Å². The van der Waals surface area contributed by atoms with Crippen LogP contribution in [0.3, 0.4) is 0 Å². The summed E-state index contributed by atoms with van der Waals surface area (Å²) in [6.45, 7) is 6.59. The van der Waals surface area contributed by atoms with Crippen molar-refractivity contribution in [3.8, 4) is 0 Å². The number of carboxylic acid groups (broad SMARTS) is 1. The third-order valence-electron chi connectivity index (χ3n) is 4.58. The predicted molar refractivity (Wildman–Crippen MR) is 96.5 cm³/mol. The van der Waals surface area contributed by atoms with Gasteiger partial charge < -0.3 is 14.6 Å². The first kappa shape index (κ1) is 18.0. The van der Waals surface area contributed by atoms with Gasteiger partial charge in [-0.1, -0.05) is 16.0 Å². The van der Waals surface area contributed by atoms with Crippen LogP contribution in [0.15, 0.2) is 4.40 Å². The van der Waals surface area contributed by atoms with E-state index < -0.39 is 22.2 Å². The molecule has 2 aliphatic rings. The molecule has 1 amide bonds. The Morgan fingerprint density at radius 1 is 1.46 bits per heavy atom. The fourth-order valence-corrected chi connectivity index (χ4v) is 5.21. The monoisotopic (exact) mass is 389 g/mol. The van der Waals surface area contributed by atoms with Crippen molar-refractivity contribution in [3.05, 3.63) is 15.0 Å². The van der Waals surface area contributed by atoms with Crippen molar-refractivity contribution in [3.63, 3.8) is 0 Å². The second-order valence-corrected chi connectivity index (χ2v) is 10.8. The molecule has 1 aromatic heterocycles. The van der Waals surface area contributed by atoms with Gasteiger partial charge in [0.25, 0.3) is 0 Å². The van der Waals surface area contributed by atoms with Crippen molar-refractivity contribution in [1.82, 2.24) is 9.88 Å². The van der Waals surface area contributed by atoms with Gasteiger partial charge >= 0.3 is 6.09 Å². The molecule has 1 spiro atoms. The van der Waals surface area contributed by atoms with E-state index in [4.69, 9.17) is 11.6 Å². The Hall–Kier alpha value is -0.830. The van der Waals surface area contributed by atoms with E-state index in [1.807, 2.05) is 20.8 Å². The maximum absolute atomic E-state index is 12.6. The zero-order valence-electron chi connectivity index (χ0n) is 13.8. The molecule has 2 heterocycles. The Labute approximate surface area is 153 Å². The number of thiazole rings is 1. The molecule has 1 unspecified atom stereocenters. The number of nitrogens with zero attached hydrogens (tertiary/aromatic N) is 3. The van der Waals surface area contributed by atoms with Gasteiger partial charge in [-0.15, -0.1) is 11.3 Å². The quantitative estimate of drug-likeness (QED) is 0.745. The van der Waals surface area contributed by atoms with Gasteiger partial charge in [0.05, 0.1) is 10.6 Å². The van der Waals surface area contributed by atoms with E-state index in [-0.39, 0.29) is 5.41 Å². The lowest BCUT2D eigenvalue weighted by Crippen LogP contribution is -2.45. The highest BCUT2D eigenvalue weighted by Crippen LogP contribution is 2.48. The molecule has 1 aliphatic heterocycles. The van der Waals surface area contributed by atoms with E-state index in [1.165, 1.54) is 16.2 Å². The van der Waals surface area contributed by atoms with Crippen molar-refractivity contribution in [2.45, 2.75) is 44.8 Å². The molecule has 3 rings (SSSR count). The van der Waals surface area contributed by atoms with Gasteiger partial charge in [-0.05, 0) is 33.6 Å². The third-order valence-corrected chi connectivity index (χ3v) is 7.19. The molecule has 24 heavy (non-hydrogen) atoms. The lowest BCUT2D eigenvalue weighted by molar-refractivity contribution is 0.114. The fraction of sp³-hybridized carbons (Fsp3) is 0.667. The first-order chi connectivity index (χ1) is 11.1. The molecular formula is C15H20ClN3O3S2.